The lowest BCUT2D eigenvalue weighted by Crippen LogP contribution is -2.24. The van der Waals surface area contributed by atoms with E-state index >= 15 is 0 Å². The number of nitrogen functional groups attached to an aromatic ring is 1. The van der Waals surface area contributed by atoms with Crippen molar-refractivity contribution in [2.24, 2.45) is 11.6 Å². The van der Waals surface area contributed by atoms with Gasteiger partial charge in [0, 0.05) is 18.0 Å². The molecular formula is C15H14BN7. The summed E-state index contributed by atoms with van der Waals surface area (Å²) in [5, 5.41) is 1.42. The second-order valence-electron chi connectivity index (χ2n) is 4.83. The molecule has 0 aliphatic heterocycles. The van der Waals surface area contributed by atoms with E-state index in [-0.39, 0.29) is 11.5 Å². The van der Waals surface area contributed by atoms with Crippen LogP contribution < -0.4 is 28.0 Å². The van der Waals surface area contributed by atoms with Crippen molar-refractivity contribution in [1.29, 1.82) is 0 Å². The van der Waals surface area contributed by atoms with Crippen LogP contribution in [0.4, 0.5) is 11.5 Å². The molecule has 3 rings (SSSR count). The maximum Gasteiger partial charge on any atom is 0.170 e. The van der Waals surface area contributed by atoms with Crippen LogP contribution in [0.25, 0.3) is 22.3 Å². The van der Waals surface area contributed by atoms with Gasteiger partial charge in [0.1, 0.15) is 5.52 Å². The molecule has 0 unspecified atom stereocenters. The molecule has 7 nitrogen and oxygen atoms in total. The average Bonchev–Trinajstić information content (AvgIpc) is 2.55. The van der Waals surface area contributed by atoms with Crippen LogP contribution in [0.2, 0.25) is 0 Å². The number of nitrogens with two attached hydrogens (primary N) is 3. The number of anilines is 2. The molecule has 0 saturated carbocycles. The zero-order valence-electron chi connectivity index (χ0n) is 12.2. The van der Waals surface area contributed by atoms with Gasteiger partial charge in [-0.2, -0.15) is 0 Å². The molecule has 0 aliphatic rings. The fourth-order valence-corrected chi connectivity index (χ4v) is 2.22. The molecule has 0 fully saturated rings. The molecule has 1 aromatic carbocycles. The van der Waals surface area contributed by atoms with Crippen molar-refractivity contribution in [3.63, 3.8) is 0 Å². The summed E-state index contributed by atoms with van der Waals surface area (Å²) in [6, 6.07) is 11.2. The summed E-state index contributed by atoms with van der Waals surface area (Å²) in [7, 11) is 5.59. The molecule has 3 aromatic rings. The highest BCUT2D eigenvalue weighted by Gasteiger charge is 2.08. The van der Waals surface area contributed by atoms with Gasteiger partial charge in [0.05, 0.1) is 22.6 Å². The van der Waals surface area contributed by atoms with Gasteiger partial charge in [-0.25, -0.2) is 20.8 Å². The molecule has 0 saturated heterocycles. The largest absolute Gasteiger partial charge is 0.403 e. The molecule has 0 amide bonds. The van der Waals surface area contributed by atoms with Crippen LogP contribution in [0, 0.1) is 0 Å². The highest BCUT2D eigenvalue weighted by molar-refractivity contribution is 6.29. The Bertz CT molecular complexity index is 894. The van der Waals surface area contributed by atoms with Crippen LogP contribution in [-0.4, -0.2) is 22.8 Å². The average molecular weight is 303 g/mol. The van der Waals surface area contributed by atoms with Crippen LogP contribution >= 0.6 is 0 Å². The van der Waals surface area contributed by atoms with Gasteiger partial charge in [-0.3, -0.25) is 5.01 Å². The quantitative estimate of drug-likeness (QED) is 0.358. The molecular weight excluding hydrogens is 289 g/mol. The summed E-state index contributed by atoms with van der Waals surface area (Å²) in [6.07, 6.45) is 2.92. The van der Waals surface area contributed by atoms with E-state index in [0.29, 0.717) is 11.0 Å². The standard InChI is InChI=1S/C15H14BN7/c16-15-21-12-5-4-11(20-13(12)14(18)22-15)9-2-1-3-10(8-9)23(19)7-6-17/h1-8H,17,19H2,(H2,18,21,22)/b7-6-. The first kappa shape index (κ1) is 14.8. The molecule has 23 heavy (non-hydrogen) atoms. The third-order valence-electron chi connectivity index (χ3n) is 3.27. The van der Waals surface area contributed by atoms with Crippen LogP contribution in [0.1, 0.15) is 0 Å². The number of fused-ring (bicyclic) bond motifs is 1. The van der Waals surface area contributed by atoms with Gasteiger partial charge in [-0.15, -0.1) is 0 Å². The predicted molar refractivity (Wildman–Crippen MR) is 92.6 cm³/mol. The molecule has 112 valence electrons. The Balaban J connectivity index is 2.08. The van der Waals surface area contributed by atoms with E-state index in [2.05, 4.69) is 15.0 Å². The molecule has 0 atom stereocenters. The summed E-state index contributed by atoms with van der Waals surface area (Å²) in [5.41, 5.74) is 14.8. The Morgan fingerprint density at radius 1 is 1.09 bits per heavy atom. The summed E-state index contributed by atoms with van der Waals surface area (Å²) < 4.78 is 0. The fraction of sp³-hybridized carbons (Fsp3) is 0. The molecule has 0 spiro atoms. The zero-order chi connectivity index (χ0) is 16.4. The van der Waals surface area contributed by atoms with E-state index in [1.165, 1.54) is 11.2 Å². The first-order valence-electron chi connectivity index (χ1n) is 6.81. The zero-order valence-corrected chi connectivity index (χ0v) is 12.2. The van der Waals surface area contributed by atoms with Crippen molar-refractivity contribution in [1.82, 2.24) is 15.0 Å². The Kier molecular flexibility index (Phi) is 3.82. The maximum absolute atomic E-state index is 5.88. The van der Waals surface area contributed by atoms with E-state index < -0.39 is 0 Å². The SMILES string of the molecule is [B]c1nc(N)c2nc(-c3cccc(N(N)/C=C\N)c3)ccc2n1. The van der Waals surface area contributed by atoms with E-state index in [9.17, 15) is 0 Å². The Hall–Kier alpha value is -3.13. The Labute approximate surface area is 134 Å². The normalized spacial score (nSPS) is 11.2. The molecule has 0 aliphatic carbocycles. The molecule has 0 bridgehead atoms. The lowest BCUT2D eigenvalue weighted by molar-refractivity contribution is 1.07. The van der Waals surface area contributed by atoms with E-state index in [4.69, 9.17) is 25.2 Å². The van der Waals surface area contributed by atoms with Crippen LogP contribution in [0.3, 0.4) is 0 Å². The van der Waals surface area contributed by atoms with E-state index in [1.54, 1.807) is 12.3 Å². The number of nitrogens with zero attached hydrogens (tertiary/aromatic N) is 4. The van der Waals surface area contributed by atoms with Crippen molar-refractivity contribution in [3.05, 3.63) is 48.8 Å². The molecule has 2 radical (unpaired) electrons. The van der Waals surface area contributed by atoms with Crippen molar-refractivity contribution >= 4 is 36.1 Å². The number of hydrogen-bond donors (Lipinski definition) is 3. The summed E-state index contributed by atoms with van der Waals surface area (Å²) in [4.78, 5) is 12.6. The number of pyridine rings is 1. The molecule has 6 N–H and O–H groups in total. The number of hydrazine groups is 1. The predicted octanol–water partition coefficient (Wildman–Crippen LogP) is 0.178. The molecule has 2 aromatic heterocycles. The number of hydrogen-bond acceptors (Lipinski definition) is 7. The van der Waals surface area contributed by atoms with Gasteiger partial charge in [0.15, 0.2) is 13.7 Å². The topological polar surface area (TPSA) is 120 Å². The highest BCUT2D eigenvalue weighted by Crippen LogP contribution is 2.25. The van der Waals surface area contributed by atoms with E-state index in [1.807, 2.05) is 30.3 Å². The Morgan fingerprint density at radius 2 is 1.91 bits per heavy atom. The van der Waals surface area contributed by atoms with Crippen molar-refractivity contribution in [3.8, 4) is 11.3 Å². The van der Waals surface area contributed by atoms with Crippen LogP contribution in [0.5, 0.6) is 0 Å². The maximum atomic E-state index is 5.88. The Morgan fingerprint density at radius 3 is 2.70 bits per heavy atom. The van der Waals surface area contributed by atoms with Gasteiger partial charge in [0.2, 0.25) is 0 Å². The monoisotopic (exact) mass is 303 g/mol. The molecule has 8 heteroatoms. The minimum atomic E-state index is 0.124. The lowest BCUT2D eigenvalue weighted by Gasteiger charge is -2.14. The third kappa shape index (κ3) is 2.92. The van der Waals surface area contributed by atoms with Crippen LogP contribution in [0.15, 0.2) is 48.8 Å². The molecule has 2 heterocycles. The summed E-state index contributed by atoms with van der Waals surface area (Å²) in [5.74, 6) is 6.12. The third-order valence-corrected chi connectivity index (χ3v) is 3.27. The second kappa shape index (κ2) is 5.94. The summed E-state index contributed by atoms with van der Waals surface area (Å²) in [6.45, 7) is 0. The van der Waals surface area contributed by atoms with Crippen molar-refractivity contribution < 1.29 is 0 Å². The van der Waals surface area contributed by atoms with E-state index in [0.717, 1.165) is 16.9 Å². The first-order chi connectivity index (χ1) is 11.1. The number of rotatable bonds is 3. The first-order valence-corrected chi connectivity index (χ1v) is 6.81. The number of aromatic nitrogens is 3. The van der Waals surface area contributed by atoms with Crippen molar-refractivity contribution in [2.45, 2.75) is 0 Å². The number of benzene rings is 1. The summed E-state index contributed by atoms with van der Waals surface area (Å²) >= 11 is 0. The lowest BCUT2D eigenvalue weighted by atomic mass is 10.1. The second-order valence-corrected chi connectivity index (χ2v) is 4.83. The minimum absolute atomic E-state index is 0.124. The van der Waals surface area contributed by atoms with Gasteiger partial charge in [-0.05, 0) is 24.3 Å². The van der Waals surface area contributed by atoms with Gasteiger partial charge in [0.25, 0.3) is 0 Å². The van der Waals surface area contributed by atoms with Gasteiger partial charge < -0.3 is 11.5 Å². The highest BCUT2D eigenvalue weighted by atomic mass is 15.4. The van der Waals surface area contributed by atoms with Crippen LogP contribution in [-0.2, 0) is 0 Å². The van der Waals surface area contributed by atoms with Gasteiger partial charge in [-0.1, -0.05) is 12.1 Å². The fourth-order valence-electron chi connectivity index (χ4n) is 2.22. The smallest absolute Gasteiger partial charge is 0.170 e. The minimum Gasteiger partial charge on any atom is -0.403 e. The van der Waals surface area contributed by atoms with Crippen molar-refractivity contribution in [2.75, 3.05) is 10.7 Å². The van der Waals surface area contributed by atoms with Gasteiger partial charge >= 0.3 is 0 Å².